The molecule has 0 bridgehead atoms. The first-order valence-corrected chi connectivity index (χ1v) is 10.1. The molecular formula is C22H31IN4O2. The lowest BCUT2D eigenvalue weighted by Crippen LogP contribution is -2.50. The van der Waals surface area contributed by atoms with Crippen LogP contribution in [0.2, 0.25) is 0 Å². The smallest absolute Gasteiger partial charge is 0.409 e. The van der Waals surface area contributed by atoms with Crippen molar-refractivity contribution in [2.24, 2.45) is 4.99 Å². The van der Waals surface area contributed by atoms with Crippen LogP contribution < -0.4 is 10.6 Å². The fourth-order valence-corrected chi connectivity index (χ4v) is 3.53. The van der Waals surface area contributed by atoms with E-state index in [0.717, 1.165) is 31.8 Å². The van der Waals surface area contributed by atoms with Crippen LogP contribution in [0.25, 0.3) is 10.8 Å². The van der Waals surface area contributed by atoms with Gasteiger partial charge in [0.1, 0.15) is 0 Å². The van der Waals surface area contributed by atoms with Gasteiger partial charge in [0, 0.05) is 32.7 Å². The van der Waals surface area contributed by atoms with Crippen molar-refractivity contribution in [3.63, 3.8) is 0 Å². The summed E-state index contributed by atoms with van der Waals surface area (Å²) in [7, 11) is 1.79. The molecule has 0 aliphatic carbocycles. The third kappa shape index (κ3) is 6.76. The predicted octanol–water partition coefficient (Wildman–Crippen LogP) is 3.79. The lowest BCUT2D eigenvalue weighted by molar-refractivity contribution is 0.0963. The topological polar surface area (TPSA) is 66.0 Å². The highest BCUT2D eigenvalue weighted by Crippen LogP contribution is 2.16. The lowest BCUT2D eigenvalue weighted by Gasteiger charge is -2.32. The Balaban J connectivity index is 0.00000300. The Morgan fingerprint density at radius 3 is 2.59 bits per heavy atom. The molecule has 2 aromatic rings. The van der Waals surface area contributed by atoms with Crippen LogP contribution in [-0.2, 0) is 11.2 Å². The summed E-state index contributed by atoms with van der Waals surface area (Å²) >= 11 is 0. The van der Waals surface area contributed by atoms with Crippen molar-refractivity contribution in [2.45, 2.75) is 32.2 Å². The largest absolute Gasteiger partial charge is 0.450 e. The second-order valence-electron chi connectivity index (χ2n) is 7.04. The predicted molar refractivity (Wildman–Crippen MR) is 129 cm³/mol. The number of carbonyl (C=O) groups is 1. The Labute approximate surface area is 190 Å². The van der Waals surface area contributed by atoms with Crippen LogP contribution in [0.5, 0.6) is 0 Å². The van der Waals surface area contributed by atoms with Crippen LogP contribution in [0.4, 0.5) is 4.79 Å². The third-order valence-corrected chi connectivity index (χ3v) is 5.11. The molecule has 3 rings (SSSR count). The molecule has 0 spiro atoms. The van der Waals surface area contributed by atoms with Gasteiger partial charge in [0.25, 0.3) is 0 Å². The number of benzene rings is 2. The number of ether oxygens (including phenoxy) is 1. The maximum absolute atomic E-state index is 11.8. The van der Waals surface area contributed by atoms with Crippen molar-refractivity contribution < 1.29 is 9.53 Å². The summed E-state index contributed by atoms with van der Waals surface area (Å²) in [6.07, 6.45) is 2.51. The van der Waals surface area contributed by atoms with Gasteiger partial charge in [-0.2, -0.15) is 0 Å². The van der Waals surface area contributed by atoms with E-state index in [-0.39, 0.29) is 30.1 Å². The molecule has 6 nitrogen and oxygen atoms in total. The molecule has 0 saturated carbocycles. The Kier molecular flexibility index (Phi) is 9.50. The van der Waals surface area contributed by atoms with E-state index in [2.05, 4.69) is 58.1 Å². The molecular weight excluding hydrogens is 479 g/mol. The summed E-state index contributed by atoms with van der Waals surface area (Å²) in [6, 6.07) is 15.3. The number of hydrogen-bond acceptors (Lipinski definition) is 3. The zero-order chi connectivity index (χ0) is 19.8. The van der Waals surface area contributed by atoms with Crippen LogP contribution in [0.1, 0.15) is 25.3 Å². The van der Waals surface area contributed by atoms with E-state index in [1.54, 1.807) is 11.9 Å². The molecule has 1 aliphatic heterocycles. The third-order valence-electron chi connectivity index (χ3n) is 5.11. The van der Waals surface area contributed by atoms with Crippen molar-refractivity contribution in [3.8, 4) is 0 Å². The molecule has 1 saturated heterocycles. The molecule has 1 aliphatic rings. The molecule has 7 heteroatoms. The van der Waals surface area contributed by atoms with Crippen LogP contribution >= 0.6 is 24.0 Å². The Morgan fingerprint density at radius 1 is 1.17 bits per heavy atom. The molecule has 1 heterocycles. The fourth-order valence-electron chi connectivity index (χ4n) is 3.53. The quantitative estimate of drug-likeness (QED) is 0.365. The van der Waals surface area contributed by atoms with Gasteiger partial charge in [0.15, 0.2) is 5.96 Å². The van der Waals surface area contributed by atoms with Crippen molar-refractivity contribution >= 4 is 46.8 Å². The highest BCUT2D eigenvalue weighted by molar-refractivity contribution is 14.0. The molecule has 29 heavy (non-hydrogen) atoms. The molecule has 0 atom stereocenters. The number of guanidine groups is 1. The van der Waals surface area contributed by atoms with E-state index in [0.29, 0.717) is 25.7 Å². The van der Waals surface area contributed by atoms with Crippen LogP contribution in [-0.4, -0.2) is 56.3 Å². The number of rotatable bonds is 5. The average Bonchev–Trinajstić information content (AvgIpc) is 2.73. The zero-order valence-corrected chi connectivity index (χ0v) is 19.5. The molecule has 0 unspecified atom stereocenters. The van der Waals surface area contributed by atoms with E-state index in [4.69, 9.17) is 4.74 Å². The molecule has 1 amide bonds. The first-order chi connectivity index (χ1) is 13.7. The standard InChI is InChI=1S/C22H30N4O2.HI/c1-3-28-22(27)26-14-11-20(12-15-26)25-21(23-2)24-13-10-17-8-9-18-6-4-5-7-19(18)16-17;/h4-9,16,20H,3,10-15H2,1-2H3,(H2,23,24,25);1H. The maximum Gasteiger partial charge on any atom is 0.409 e. The van der Waals surface area contributed by atoms with Gasteiger partial charge in [0.05, 0.1) is 6.61 Å². The molecule has 2 aromatic carbocycles. The van der Waals surface area contributed by atoms with Crippen molar-refractivity contribution in [1.82, 2.24) is 15.5 Å². The van der Waals surface area contributed by atoms with Crippen LogP contribution in [0.3, 0.4) is 0 Å². The van der Waals surface area contributed by atoms with Gasteiger partial charge in [-0.1, -0.05) is 42.5 Å². The number of nitrogens with one attached hydrogen (secondary N) is 2. The summed E-state index contributed by atoms with van der Waals surface area (Å²) in [6.45, 7) is 4.50. The van der Waals surface area contributed by atoms with Crippen LogP contribution in [0, 0.1) is 0 Å². The monoisotopic (exact) mass is 510 g/mol. The van der Waals surface area contributed by atoms with Gasteiger partial charge >= 0.3 is 6.09 Å². The van der Waals surface area contributed by atoms with E-state index in [1.165, 1.54) is 16.3 Å². The minimum absolute atomic E-state index is 0. The summed E-state index contributed by atoms with van der Waals surface area (Å²) in [5.74, 6) is 0.815. The van der Waals surface area contributed by atoms with Crippen molar-refractivity contribution in [3.05, 3.63) is 48.0 Å². The van der Waals surface area contributed by atoms with Gasteiger partial charge in [-0.05, 0) is 42.5 Å². The number of carbonyl (C=O) groups excluding carboxylic acids is 1. The lowest BCUT2D eigenvalue weighted by atomic mass is 10.1. The SMILES string of the molecule is CCOC(=O)N1CCC(NC(=NC)NCCc2ccc3ccccc3c2)CC1.I. The molecule has 0 aromatic heterocycles. The van der Waals surface area contributed by atoms with Crippen molar-refractivity contribution in [2.75, 3.05) is 33.3 Å². The molecule has 0 radical (unpaired) electrons. The zero-order valence-electron chi connectivity index (χ0n) is 17.2. The number of fused-ring (bicyclic) bond motifs is 1. The maximum atomic E-state index is 11.8. The van der Waals surface area contributed by atoms with E-state index < -0.39 is 0 Å². The van der Waals surface area contributed by atoms with E-state index in [9.17, 15) is 4.79 Å². The Bertz CT molecular complexity index is 819. The summed E-state index contributed by atoms with van der Waals surface area (Å²) in [5.41, 5.74) is 1.31. The second kappa shape index (κ2) is 11.8. The number of halogens is 1. The van der Waals surface area contributed by atoms with Crippen LogP contribution in [0.15, 0.2) is 47.5 Å². The normalized spacial score (nSPS) is 15.0. The summed E-state index contributed by atoms with van der Waals surface area (Å²) in [4.78, 5) is 17.9. The van der Waals surface area contributed by atoms with Crippen molar-refractivity contribution in [1.29, 1.82) is 0 Å². The molecule has 1 fully saturated rings. The minimum atomic E-state index is -0.209. The number of aliphatic imine (C=N–C) groups is 1. The first kappa shape index (κ1) is 23.3. The first-order valence-electron chi connectivity index (χ1n) is 10.1. The Morgan fingerprint density at radius 2 is 1.90 bits per heavy atom. The van der Waals surface area contributed by atoms with Gasteiger partial charge in [-0.25, -0.2) is 4.79 Å². The minimum Gasteiger partial charge on any atom is -0.450 e. The highest BCUT2D eigenvalue weighted by Gasteiger charge is 2.23. The summed E-state index contributed by atoms with van der Waals surface area (Å²) < 4.78 is 5.07. The highest BCUT2D eigenvalue weighted by atomic mass is 127. The Hall–Kier alpha value is -2.03. The summed E-state index contributed by atoms with van der Waals surface area (Å²) in [5, 5.41) is 9.42. The van der Waals surface area contributed by atoms with Gasteiger partial charge in [0.2, 0.25) is 0 Å². The second-order valence-corrected chi connectivity index (χ2v) is 7.04. The van der Waals surface area contributed by atoms with Gasteiger partial charge in [-0.3, -0.25) is 4.99 Å². The number of amides is 1. The fraction of sp³-hybridized carbons (Fsp3) is 0.455. The average molecular weight is 510 g/mol. The van der Waals surface area contributed by atoms with Gasteiger partial charge < -0.3 is 20.3 Å². The number of hydrogen-bond donors (Lipinski definition) is 2. The van der Waals surface area contributed by atoms with E-state index in [1.807, 2.05) is 6.92 Å². The number of nitrogens with zero attached hydrogens (tertiary/aromatic N) is 2. The molecule has 2 N–H and O–H groups in total. The number of likely N-dealkylation sites (tertiary alicyclic amines) is 1. The van der Waals surface area contributed by atoms with Gasteiger partial charge in [-0.15, -0.1) is 24.0 Å². The van der Waals surface area contributed by atoms with E-state index >= 15 is 0 Å². The molecule has 158 valence electrons. The number of piperidine rings is 1.